The predicted molar refractivity (Wildman–Crippen MR) is 111 cm³/mol. The van der Waals surface area contributed by atoms with Crippen LogP contribution in [-0.2, 0) is 6.18 Å². The number of alkyl halides is 3. The highest BCUT2D eigenvalue weighted by molar-refractivity contribution is 7.20. The minimum atomic E-state index is -4.40. The summed E-state index contributed by atoms with van der Waals surface area (Å²) in [6.07, 6.45) is -2.81. The molecule has 0 saturated carbocycles. The first-order valence-corrected chi connectivity index (χ1v) is 11.3. The third-order valence-corrected chi connectivity index (χ3v) is 7.45. The first-order chi connectivity index (χ1) is 14.8. The second-order valence-electron chi connectivity index (χ2n) is 7.69. The Hall–Kier alpha value is -2.50. The number of benzene rings is 1. The molecule has 0 atom stereocenters. The standard InChI is InChI=1S/C20H17F3N4O2S2/c21-20(22,23)12-2-1-11-5-16(31-15(11)6-12)19(29)27-9-14(10-27)26-7-13(8-26)25-17(28)18-24-3-4-30-18/h1-6,13-14H,7-10H2,(H,25,28). The van der Waals surface area contributed by atoms with Crippen molar-refractivity contribution >= 4 is 44.6 Å². The van der Waals surface area contributed by atoms with Gasteiger partial charge in [-0.3, -0.25) is 14.5 Å². The van der Waals surface area contributed by atoms with E-state index in [1.165, 1.54) is 17.4 Å². The number of thiazole rings is 1. The second kappa shape index (κ2) is 7.57. The molecule has 31 heavy (non-hydrogen) atoms. The van der Waals surface area contributed by atoms with Crippen LogP contribution in [0.2, 0.25) is 0 Å². The number of aromatic nitrogens is 1. The van der Waals surface area contributed by atoms with E-state index in [0.29, 0.717) is 33.1 Å². The number of carbonyl (C=O) groups excluding carboxylic acids is 2. The van der Waals surface area contributed by atoms with Crippen LogP contribution in [0.5, 0.6) is 0 Å². The van der Waals surface area contributed by atoms with E-state index in [0.717, 1.165) is 36.6 Å². The lowest BCUT2D eigenvalue weighted by molar-refractivity contribution is -0.137. The number of thiophene rings is 1. The molecule has 2 saturated heterocycles. The van der Waals surface area contributed by atoms with Crippen molar-refractivity contribution in [2.24, 2.45) is 0 Å². The zero-order valence-corrected chi connectivity index (χ0v) is 17.7. The van der Waals surface area contributed by atoms with Gasteiger partial charge >= 0.3 is 6.18 Å². The lowest BCUT2D eigenvalue weighted by Gasteiger charge is -2.51. The molecule has 4 heterocycles. The van der Waals surface area contributed by atoms with Gasteiger partial charge in [0.25, 0.3) is 11.8 Å². The molecule has 0 unspecified atom stereocenters. The van der Waals surface area contributed by atoms with Crippen molar-refractivity contribution in [3.05, 3.63) is 51.3 Å². The van der Waals surface area contributed by atoms with Crippen LogP contribution in [0, 0.1) is 0 Å². The first-order valence-electron chi connectivity index (χ1n) is 9.62. The highest BCUT2D eigenvalue weighted by Gasteiger charge is 2.41. The Morgan fingerprint density at radius 3 is 2.58 bits per heavy atom. The second-order valence-corrected chi connectivity index (χ2v) is 9.66. The Labute approximate surface area is 183 Å². The SMILES string of the molecule is O=C(NC1CN(C2CN(C(=O)c3cc4ccc(C(F)(F)F)cc4s3)C2)C1)c1nccs1. The van der Waals surface area contributed by atoms with Gasteiger partial charge in [0, 0.05) is 48.5 Å². The summed E-state index contributed by atoms with van der Waals surface area (Å²) >= 11 is 2.39. The van der Waals surface area contributed by atoms with Crippen molar-refractivity contribution in [3.8, 4) is 0 Å². The summed E-state index contributed by atoms with van der Waals surface area (Å²) in [6, 6.07) is 5.51. The van der Waals surface area contributed by atoms with Gasteiger partial charge in [-0.15, -0.1) is 22.7 Å². The number of likely N-dealkylation sites (tertiary alicyclic amines) is 2. The summed E-state index contributed by atoms with van der Waals surface area (Å²) in [5.41, 5.74) is -0.709. The first kappa shape index (κ1) is 20.4. The minimum absolute atomic E-state index is 0.0755. The largest absolute Gasteiger partial charge is 0.416 e. The average molecular weight is 467 g/mol. The van der Waals surface area contributed by atoms with E-state index in [1.54, 1.807) is 22.5 Å². The molecule has 2 amide bonds. The number of fused-ring (bicyclic) bond motifs is 1. The smallest absolute Gasteiger partial charge is 0.345 e. The van der Waals surface area contributed by atoms with Crippen molar-refractivity contribution in [2.75, 3.05) is 26.2 Å². The molecule has 162 valence electrons. The fraction of sp³-hybridized carbons (Fsp3) is 0.350. The highest BCUT2D eigenvalue weighted by atomic mass is 32.1. The van der Waals surface area contributed by atoms with Gasteiger partial charge in [0.15, 0.2) is 5.01 Å². The molecule has 6 nitrogen and oxygen atoms in total. The van der Waals surface area contributed by atoms with Crippen LogP contribution >= 0.6 is 22.7 Å². The fourth-order valence-electron chi connectivity index (χ4n) is 3.81. The molecule has 0 radical (unpaired) electrons. The van der Waals surface area contributed by atoms with Crippen molar-refractivity contribution in [3.63, 3.8) is 0 Å². The third kappa shape index (κ3) is 3.92. The number of rotatable bonds is 4. The predicted octanol–water partition coefficient (Wildman–Crippen LogP) is 3.32. The van der Waals surface area contributed by atoms with E-state index in [1.807, 2.05) is 0 Å². The maximum absolute atomic E-state index is 12.9. The molecule has 1 N–H and O–H groups in total. The van der Waals surface area contributed by atoms with Crippen LogP contribution < -0.4 is 5.32 Å². The van der Waals surface area contributed by atoms with Gasteiger partial charge in [-0.2, -0.15) is 13.2 Å². The Morgan fingerprint density at radius 1 is 1.13 bits per heavy atom. The molecule has 0 spiro atoms. The van der Waals surface area contributed by atoms with Gasteiger partial charge in [0.1, 0.15) is 0 Å². The lowest BCUT2D eigenvalue weighted by atomic mass is 9.99. The quantitative estimate of drug-likeness (QED) is 0.641. The van der Waals surface area contributed by atoms with Gasteiger partial charge < -0.3 is 10.2 Å². The number of nitrogens with zero attached hydrogens (tertiary/aromatic N) is 3. The summed E-state index contributed by atoms with van der Waals surface area (Å²) in [5.74, 6) is -0.316. The van der Waals surface area contributed by atoms with Crippen LogP contribution in [0.3, 0.4) is 0 Å². The van der Waals surface area contributed by atoms with Gasteiger partial charge in [-0.05, 0) is 23.6 Å². The highest BCUT2D eigenvalue weighted by Crippen LogP contribution is 2.35. The van der Waals surface area contributed by atoms with Crippen LogP contribution in [0.4, 0.5) is 13.2 Å². The van der Waals surface area contributed by atoms with E-state index in [9.17, 15) is 22.8 Å². The number of hydrogen-bond donors (Lipinski definition) is 1. The van der Waals surface area contributed by atoms with Gasteiger partial charge in [0.05, 0.1) is 16.5 Å². The molecular formula is C20H17F3N4O2S2. The average Bonchev–Trinajstić information content (AvgIpc) is 3.32. The molecule has 3 aromatic rings. The number of hydrogen-bond acceptors (Lipinski definition) is 6. The van der Waals surface area contributed by atoms with Crippen molar-refractivity contribution in [1.82, 2.24) is 20.1 Å². The summed E-state index contributed by atoms with van der Waals surface area (Å²) in [4.78, 5) is 33.1. The maximum Gasteiger partial charge on any atom is 0.416 e. The molecule has 11 heteroatoms. The molecule has 0 aliphatic carbocycles. The monoisotopic (exact) mass is 466 g/mol. The van der Waals surface area contributed by atoms with Crippen molar-refractivity contribution in [1.29, 1.82) is 0 Å². The number of nitrogens with one attached hydrogen (secondary N) is 1. The van der Waals surface area contributed by atoms with Gasteiger partial charge in [0.2, 0.25) is 0 Å². The third-order valence-electron chi connectivity index (χ3n) is 5.60. The zero-order chi connectivity index (χ0) is 21.8. The normalized spacial score (nSPS) is 18.1. The summed E-state index contributed by atoms with van der Waals surface area (Å²) in [7, 11) is 0. The summed E-state index contributed by atoms with van der Waals surface area (Å²) < 4.78 is 39.2. The Bertz CT molecular complexity index is 1130. The van der Waals surface area contributed by atoms with Gasteiger partial charge in [-0.1, -0.05) is 6.07 Å². The topological polar surface area (TPSA) is 65.5 Å². The summed E-state index contributed by atoms with van der Waals surface area (Å²) in [5, 5.41) is 5.80. The van der Waals surface area contributed by atoms with Crippen LogP contribution in [-0.4, -0.2) is 64.9 Å². The Kier molecular flexibility index (Phi) is 4.98. The van der Waals surface area contributed by atoms with Crippen molar-refractivity contribution in [2.45, 2.75) is 18.3 Å². The van der Waals surface area contributed by atoms with Crippen molar-refractivity contribution < 1.29 is 22.8 Å². The molecule has 2 fully saturated rings. The van der Waals surface area contributed by atoms with Gasteiger partial charge in [-0.25, -0.2) is 4.98 Å². The van der Waals surface area contributed by atoms with E-state index >= 15 is 0 Å². The molecule has 2 aromatic heterocycles. The molecule has 5 rings (SSSR count). The lowest BCUT2D eigenvalue weighted by Crippen LogP contribution is -2.70. The Morgan fingerprint density at radius 2 is 1.90 bits per heavy atom. The zero-order valence-electron chi connectivity index (χ0n) is 16.1. The van der Waals surface area contributed by atoms with Crippen LogP contribution in [0.1, 0.15) is 25.0 Å². The van der Waals surface area contributed by atoms with E-state index < -0.39 is 11.7 Å². The maximum atomic E-state index is 12.9. The van der Waals surface area contributed by atoms with Crippen LogP contribution in [0.25, 0.3) is 10.1 Å². The minimum Gasteiger partial charge on any atom is -0.345 e. The molecule has 2 aliphatic rings. The van der Waals surface area contributed by atoms with E-state index in [4.69, 9.17) is 0 Å². The molecule has 0 bridgehead atoms. The molecule has 1 aromatic carbocycles. The molecule has 2 aliphatic heterocycles. The number of amides is 2. The summed E-state index contributed by atoms with van der Waals surface area (Å²) in [6.45, 7) is 2.61. The van der Waals surface area contributed by atoms with E-state index in [2.05, 4.69) is 15.2 Å². The van der Waals surface area contributed by atoms with E-state index in [-0.39, 0.29) is 23.9 Å². The fourth-order valence-corrected chi connectivity index (χ4v) is 5.41. The van der Waals surface area contributed by atoms with Crippen LogP contribution in [0.15, 0.2) is 35.8 Å². The Balaban J connectivity index is 1.14. The molecular weight excluding hydrogens is 449 g/mol. The number of halogens is 3. The number of carbonyl (C=O) groups is 2.